The molecule has 3 nitrogen and oxygen atoms in total. The molecular formula is C19H15F3N2OS. The van der Waals surface area contributed by atoms with Gasteiger partial charge in [0, 0.05) is 22.6 Å². The molecule has 26 heavy (non-hydrogen) atoms. The standard InChI is InChI=1S/C19H15F3N2OS/c1-11(16-6-5-14(21)8-17(16)22)23-18(25)9-15-10-26-19(24-15)12-3-2-4-13(20)7-12/h2-8,10-11H,9H2,1H3,(H,23,25). The molecule has 0 saturated heterocycles. The first-order valence-corrected chi connectivity index (χ1v) is 8.75. The minimum absolute atomic E-state index is 0.0129. The van der Waals surface area contributed by atoms with Crippen molar-refractivity contribution in [2.45, 2.75) is 19.4 Å². The fourth-order valence-corrected chi connectivity index (χ4v) is 3.35. The maximum atomic E-state index is 13.8. The number of thiazole rings is 1. The van der Waals surface area contributed by atoms with E-state index in [4.69, 9.17) is 0 Å². The number of nitrogens with one attached hydrogen (secondary N) is 1. The minimum Gasteiger partial charge on any atom is -0.349 e. The van der Waals surface area contributed by atoms with Crippen molar-refractivity contribution in [3.63, 3.8) is 0 Å². The lowest BCUT2D eigenvalue weighted by Crippen LogP contribution is -2.28. The Morgan fingerprint density at radius 2 is 1.92 bits per heavy atom. The van der Waals surface area contributed by atoms with Gasteiger partial charge < -0.3 is 5.32 Å². The Hall–Kier alpha value is -2.67. The third-order valence-corrected chi connectivity index (χ3v) is 4.71. The van der Waals surface area contributed by atoms with Gasteiger partial charge in [0.25, 0.3) is 0 Å². The molecule has 1 N–H and O–H groups in total. The van der Waals surface area contributed by atoms with Crippen LogP contribution >= 0.6 is 11.3 Å². The predicted molar refractivity (Wildman–Crippen MR) is 94.1 cm³/mol. The normalized spacial score (nSPS) is 12.0. The minimum atomic E-state index is -0.708. The van der Waals surface area contributed by atoms with Crippen LogP contribution in [-0.4, -0.2) is 10.9 Å². The zero-order chi connectivity index (χ0) is 18.7. The van der Waals surface area contributed by atoms with E-state index in [1.54, 1.807) is 24.4 Å². The SMILES string of the molecule is CC(NC(=O)Cc1csc(-c2cccc(F)c2)n1)c1ccc(F)cc1F. The van der Waals surface area contributed by atoms with E-state index in [-0.39, 0.29) is 23.7 Å². The number of aromatic nitrogens is 1. The second-order valence-corrected chi connectivity index (χ2v) is 6.64. The molecule has 1 amide bonds. The predicted octanol–water partition coefficient (Wildman–Crippen LogP) is 4.65. The number of hydrogen-bond donors (Lipinski definition) is 1. The van der Waals surface area contributed by atoms with Gasteiger partial charge in [-0.1, -0.05) is 18.2 Å². The van der Waals surface area contributed by atoms with Gasteiger partial charge in [-0.25, -0.2) is 18.2 Å². The number of benzene rings is 2. The maximum Gasteiger partial charge on any atom is 0.226 e. The van der Waals surface area contributed by atoms with Crippen molar-refractivity contribution in [1.29, 1.82) is 0 Å². The Balaban J connectivity index is 1.65. The summed E-state index contributed by atoms with van der Waals surface area (Å²) in [7, 11) is 0. The second kappa shape index (κ2) is 7.70. The second-order valence-electron chi connectivity index (χ2n) is 5.79. The molecule has 0 aliphatic heterocycles. The molecule has 1 unspecified atom stereocenters. The molecule has 0 bridgehead atoms. The molecule has 0 aliphatic carbocycles. The molecule has 3 aromatic rings. The van der Waals surface area contributed by atoms with E-state index >= 15 is 0 Å². The first-order chi connectivity index (χ1) is 12.4. The van der Waals surface area contributed by atoms with Gasteiger partial charge in [0.05, 0.1) is 18.2 Å². The number of carbonyl (C=O) groups excluding carboxylic acids is 1. The summed E-state index contributed by atoms with van der Waals surface area (Å²) in [5.74, 6) is -2.07. The molecule has 3 rings (SSSR count). The Bertz CT molecular complexity index is 942. The zero-order valence-corrected chi connectivity index (χ0v) is 14.6. The van der Waals surface area contributed by atoms with Gasteiger partial charge in [0.2, 0.25) is 5.91 Å². The Morgan fingerprint density at radius 1 is 1.15 bits per heavy atom. The van der Waals surface area contributed by atoms with E-state index in [9.17, 15) is 18.0 Å². The summed E-state index contributed by atoms with van der Waals surface area (Å²) in [5.41, 5.74) is 1.39. The number of carbonyl (C=O) groups is 1. The lowest BCUT2D eigenvalue weighted by Gasteiger charge is -2.14. The number of hydrogen-bond acceptors (Lipinski definition) is 3. The topological polar surface area (TPSA) is 42.0 Å². The molecule has 7 heteroatoms. The molecule has 0 saturated carbocycles. The van der Waals surface area contributed by atoms with Crippen LogP contribution in [0, 0.1) is 17.5 Å². The largest absolute Gasteiger partial charge is 0.349 e. The van der Waals surface area contributed by atoms with E-state index < -0.39 is 17.7 Å². The van der Waals surface area contributed by atoms with Crippen molar-refractivity contribution in [2.75, 3.05) is 0 Å². The van der Waals surface area contributed by atoms with Crippen LogP contribution < -0.4 is 5.32 Å². The number of rotatable bonds is 5. The van der Waals surface area contributed by atoms with Gasteiger partial charge in [-0.05, 0) is 25.1 Å². The smallest absolute Gasteiger partial charge is 0.226 e. The van der Waals surface area contributed by atoms with Gasteiger partial charge in [-0.3, -0.25) is 4.79 Å². The molecule has 1 heterocycles. The Kier molecular flexibility index (Phi) is 5.37. The molecule has 0 aliphatic rings. The van der Waals surface area contributed by atoms with Crippen molar-refractivity contribution in [2.24, 2.45) is 0 Å². The molecule has 0 fully saturated rings. The van der Waals surface area contributed by atoms with E-state index in [0.717, 1.165) is 12.1 Å². The molecular weight excluding hydrogens is 361 g/mol. The zero-order valence-electron chi connectivity index (χ0n) is 13.8. The van der Waals surface area contributed by atoms with E-state index in [1.807, 2.05) is 0 Å². The van der Waals surface area contributed by atoms with Gasteiger partial charge in [0.1, 0.15) is 22.5 Å². The quantitative estimate of drug-likeness (QED) is 0.704. The highest BCUT2D eigenvalue weighted by Crippen LogP contribution is 2.24. The van der Waals surface area contributed by atoms with Crippen LogP contribution in [0.3, 0.4) is 0 Å². The van der Waals surface area contributed by atoms with Gasteiger partial charge >= 0.3 is 0 Å². The summed E-state index contributed by atoms with van der Waals surface area (Å²) in [6, 6.07) is 8.69. The van der Waals surface area contributed by atoms with Crippen LogP contribution in [0.1, 0.15) is 24.2 Å². The van der Waals surface area contributed by atoms with Crippen LogP contribution in [0.25, 0.3) is 10.6 Å². The number of nitrogens with zero attached hydrogens (tertiary/aromatic N) is 1. The van der Waals surface area contributed by atoms with Gasteiger partial charge in [-0.2, -0.15) is 0 Å². The van der Waals surface area contributed by atoms with Gasteiger partial charge in [0.15, 0.2) is 0 Å². The van der Waals surface area contributed by atoms with E-state index in [0.29, 0.717) is 16.3 Å². The molecule has 1 atom stereocenters. The summed E-state index contributed by atoms with van der Waals surface area (Å²) < 4.78 is 40.0. The van der Waals surface area contributed by atoms with Crippen LogP contribution in [0.15, 0.2) is 47.8 Å². The lowest BCUT2D eigenvalue weighted by atomic mass is 10.1. The van der Waals surface area contributed by atoms with Crippen LogP contribution in [-0.2, 0) is 11.2 Å². The first kappa shape index (κ1) is 18.1. The highest BCUT2D eigenvalue weighted by Gasteiger charge is 2.16. The molecule has 0 spiro atoms. The first-order valence-electron chi connectivity index (χ1n) is 7.87. The molecule has 0 radical (unpaired) electrons. The summed E-state index contributed by atoms with van der Waals surface area (Å²) in [6.45, 7) is 1.62. The van der Waals surface area contributed by atoms with Crippen molar-refractivity contribution in [1.82, 2.24) is 10.3 Å². The average molecular weight is 376 g/mol. The molecule has 1 aromatic heterocycles. The fourth-order valence-electron chi connectivity index (χ4n) is 2.53. The van der Waals surface area contributed by atoms with Crippen LogP contribution in [0.2, 0.25) is 0 Å². The maximum absolute atomic E-state index is 13.8. The Labute approximate surface area is 152 Å². The number of amides is 1. The highest BCUT2D eigenvalue weighted by atomic mass is 32.1. The van der Waals surface area contributed by atoms with Gasteiger partial charge in [-0.15, -0.1) is 11.3 Å². The lowest BCUT2D eigenvalue weighted by molar-refractivity contribution is -0.121. The summed E-state index contributed by atoms with van der Waals surface area (Å²) in [4.78, 5) is 16.5. The average Bonchev–Trinajstić information content (AvgIpc) is 3.03. The Morgan fingerprint density at radius 3 is 2.65 bits per heavy atom. The third kappa shape index (κ3) is 4.29. The monoisotopic (exact) mass is 376 g/mol. The van der Waals surface area contributed by atoms with Crippen molar-refractivity contribution >= 4 is 17.2 Å². The molecule has 2 aromatic carbocycles. The van der Waals surface area contributed by atoms with E-state index in [1.165, 1.54) is 29.5 Å². The fraction of sp³-hybridized carbons (Fsp3) is 0.158. The third-order valence-electron chi connectivity index (χ3n) is 3.77. The van der Waals surface area contributed by atoms with Crippen molar-refractivity contribution < 1.29 is 18.0 Å². The number of halogens is 3. The van der Waals surface area contributed by atoms with Crippen molar-refractivity contribution in [3.05, 3.63) is 76.6 Å². The summed E-state index contributed by atoms with van der Waals surface area (Å²) >= 11 is 1.31. The van der Waals surface area contributed by atoms with Crippen molar-refractivity contribution in [3.8, 4) is 10.6 Å². The summed E-state index contributed by atoms with van der Waals surface area (Å²) in [5, 5.41) is 5.01. The van der Waals surface area contributed by atoms with Crippen LogP contribution in [0.4, 0.5) is 13.2 Å². The van der Waals surface area contributed by atoms with Crippen LogP contribution in [0.5, 0.6) is 0 Å². The summed E-state index contributed by atoms with van der Waals surface area (Å²) in [6.07, 6.45) is 0.0129. The molecule has 134 valence electrons. The highest BCUT2D eigenvalue weighted by molar-refractivity contribution is 7.13. The van der Waals surface area contributed by atoms with E-state index in [2.05, 4.69) is 10.3 Å².